The number of hydrogen-bond donors (Lipinski definition) is 2. The van der Waals surface area contributed by atoms with Crippen LogP contribution in [0, 0.1) is 0 Å². The van der Waals surface area contributed by atoms with E-state index in [2.05, 4.69) is 5.32 Å². The molecule has 1 saturated heterocycles. The van der Waals surface area contributed by atoms with E-state index in [1.807, 2.05) is 0 Å². The fourth-order valence-corrected chi connectivity index (χ4v) is 1.18. The van der Waals surface area contributed by atoms with Crippen molar-refractivity contribution in [3.8, 4) is 0 Å². The Kier molecular flexibility index (Phi) is 3.02. The van der Waals surface area contributed by atoms with E-state index in [9.17, 15) is 4.79 Å². The Morgan fingerprint density at radius 1 is 1.75 bits per heavy atom. The van der Waals surface area contributed by atoms with Gasteiger partial charge in [-0.25, -0.2) is 0 Å². The molecule has 5 heteroatoms. The number of aliphatic carboxylic acids is 1. The van der Waals surface area contributed by atoms with Crippen LogP contribution in [-0.2, 0) is 14.3 Å². The number of carbonyl (C=O) groups is 1. The Balaban J connectivity index is 2.47. The van der Waals surface area contributed by atoms with Crippen LogP contribution in [0.25, 0.3) is 0 Å². The van der Waals surface area contributed by atoms with Crippen molar-refractivity contribution in [1.29, 1.82) is 0 Å². The second-order valence-electron chi connectivity index (χ2n) is 2.73. The van der Waals surface area contributed by atoms with Gasteiger partial charge < -0.3 is 14.6 Å². The van der Waals surface area contributed by atoms with E-state index < -0.39 is 12.0 Å². The molecule has 1 aliphatic rings. The number of methoxy groups -OCH3 is 1. The molecule has 1 fully saturated rings. The molecule has 0 saturated carbocycles. The molecule has 1 rings (SSSR count). The Hall–Kier alpha value is -0.650. The van der Waals surface area contributed by atoms with Gasteiger partial charge in [0.25, 0.3) is 0 Å². The first kappa shape index (κ1) is 9.44. The normalized spacial score (nSPS) is 36.3. The van der Waals surface area contributed by atoms with Gasteiger partial charge >= 0.3 is 5.97 Å². The van der Waals surface area contributed by atoms with Crippen molar-refractivity contribution >= 4 is 5.97 Å². The van der Waals surface area contributed by atoms with Crippen LogP contribution in [0.1, 0.15) is 6.92 Å². The predicted molar refractivity (Wildman–Crippen MR) is 40.8 cm³/mol. The molecule has 0 aromatic rings. The van der Waals surface area contributed by atoms with Crippen molar-refractivity contribution in [2.75, 3.05) is 13.7 Å². The number of nitrogens with one attached hydrogen (secondary N) is 1. The third kappa shape index (κ3) is 1.94. The summed E-state index contributed by atoms with van der Waals surface area (Å²) in [5.41, 5.74) is 0. The molecule has 12 heavy (non-hydrogen) atoms. The minimum absolute atomic E-state index is 0.337. The highest BCUT2D eigenvalue weighted by Gasteiger charge is 2.32. The van der Waals surface area contributed by atoms with Gasteiger partial charge in [0.1, 0.15) is 6.04 Å². The third-order valence-corrected chi connectivity index (χ3v) is 1.87. The fourth-order valence-electron chi connectivity index (χ4n) is 1.18. The van der Waals surface area contributed by atoms with Crippen LogP contribution in [0.2, 0.25) is 0 Å². The summed E-state index contributed by atoms with van der Waals surface area (Å²) in [6, 6.07) is -0.628. The number of ether oxygens (including phenoxy) is 2. The average molecular weight is 175 g/mol. The van der Waals surface area contributed by atoms with Crippen LogP contribution in [-0.4, -0.2) is 43.2 Å². The molecule has 70 valence electrons. The summed E-state index contributed by atoms with van der Waals surface area (Å²) in [7, 11) is 1.53. The van der Waals surface area contributed by atoms with Crippen molar-refractivity contribution in [1.82, 2.24) is 5.32 Å². The van der Waals surface area contributed by atoms with Crippen LogP contribution in [0.5, 0.6) is 0 Å². The van der Waals surface area contributed by atoms with Crippen LogP contribution in [0.15, 0.2) is 0 Å². The molecular formula is C7H13NO4. The Bertz CT molecular complexity index is 173. The third-order valence-electron chi connectivity index (χ3n) is 1.87. The summed E-state index contributed by atoms with van der Waals surface area (Å²) in [6.45, 7) is 2.12. The Morgan fingerprint density at radius 2 is 2.42 bits per heavy atom. The highest BCUT2D eigenvalue weighted by atomic mass is 16.7. The summed E-state index contributed by atoms with van der Waals surface area (Å²) in [6.07, 6.45) is -0.697. The fraction of sp³-hybridized carbons (Fsp3) is 0.857. The van der Waals surface area contributed by atoms with E-state index in [0.717, 1.165) is 0 Å². The number of carboxylic acid groups (broad SMARTS) is 1. The van der Waals surface area contributed by atoms with Crippen molar-refractivity contribution in [3.05, 3.63) is 0 Å². The molecule has 0 aliphatic carbocycles. The van der Waals surface area contributed by atoms with E-state index in [0.29, 0.717) is 6.54 Å². The number of rotatable bonds is 2. The molecule has 1 aliphatic heterocycles. The zero-order valence-corrected chi connectivity index (χ0v) is 7.11. The molecule has 0 aromatic heterocycles. The number of morpholine rings is 1. The van der Waals surface area contributed by atoms with Crippen LogP contribution < -0.4 is 5.32 Å². The molecule has 0 amide bonds. The first-order valence-corrected chi connectivity index (χ1v) is 3.79. The van der Waals surface area contributed by atoms with Crippen molar-refractivity contribution in [3.63, 3.8) is 0 Å². The molecule has 1 heterocycles. The second kappa shape index (κ2) is 3.84. The monoisotopic (exact) mass is 175 g/mol. The summed E-state index contributed by atoms with van der Waals surface area (Å²) in [5, 5.41) is 11.5. The van der Waals surface area contributed by atoms with Gasteiger partial charge in [0.15, 0.2) is 6.29 Å². The maximum absolute atomic E-state index is 10.6. The van der Waals surface area contributed by atoms with Gasteiger partial charge in [-0.2, -0.15) is 0 Å². The topological polar surface area (TPSA) is 67.8 Å². The maximum atomic E-state index is 10.6. The SMILES string of the molecule is CO[C@H]1CN[C@H](C(=O)O)[C@@H](C)O1. The van der Waals surface area contributed by atoms with Crippen molar-refractivity contribution in [2.45, 2.75) is 25.4 Å². The maximum Gasteiger partial charge on any atom is 0.323 e. The summed E-state index contributed by atoms with van der Waals surface area (Å²) >= 11 is 0. The van der Waals surface area contributed by atoms with Gasteiger partial charge in [-0.1, -0.05) is 0 Å². The number of hydrogen-bond acceptors (Lipinski definition) is 4. The van der Waals surface area contributed by atoms with E-state index in [1.54, 1.807) is 6.92 Å². The summed E-state index contributed by atoms with van der Waals surface area (Å²) in [5.74, 6) is -0.892. The highest BCUT2D eigenvalue weighted by Crippen LogP contribution is 2.09. The van der Waals surface area contributed by atoms with E-state index in [-0.39, 0.29) is 12.4 Å². The van der Waals surface area contributed by atoms with Gasteiger partial charge in [-0.3, -0.25) is 10.1 Å². The van der Waals surface area contributed by atoms with Crippen molar-refractivity contribution in [2.24, 2.45) is 0 Å². The smallest absolute Gasteiger partial charge is 0.323 e. The first-order valence-electron chi connectivity index (χ1n) is 3.79. The zero-order valence-electron chi connectivity index (χ0n) is 7.11. The average Bonchev–Trinajstić information content (AvgIpc) is 2.03. The lowest BCUT2D eigenvalue weighted by Crippen LogP contribution is -2.55. The summed E-state index contributed by atoms with van der Waals surface area (Å²) < 4.78 is 10.2. The standard InChI is InChI=1S/C7H13NO4/c1-4-6(7(9)10)8-3-5(11-2)12-4/h4-6,8H,3H2,1-2H3,(H,9,10)/t4-,5-,6+/m1/s1. The molecule has 5 nitrogen and oxygen atoms in total. The minimum atomic E-state index is -0.892. The molecule has 2 N–H and O–H groups in total. The largest absolute Gasteiger partial charge is 0.480 e. The Labute approximate surface area is 70.7 Å². The molecule has 0 radical (unpaired) electrons. The van der Waals surface area contributed by atoms with Gasteiger partial charge in [0.2, 0.25) is 0 Å². The predicted octanol–water partition coefficient (Wildman–Crippen LogP) is -0.580. The Morgan fingerprint density at radius 3 is 2.83 bits per heavy atom. The van der Waals surface area contributed by atoms with E-state index in [1.165, 1.54) is 7.11 Å². The van der Waals surface area contributed by atoms with Gasteiger partial charge in [0, 0.05) is 13.7 Å². The van der Waals surface area contributed by atoms with Gasteiger partial charge in [-0.15, -0.1) is 0 Å². The molecule has 0 aromatic carbocycles. The summed E-state index contributed by atoms with van der Waals surface area (Å²) in [4.78, 5) is 10.6. The lowest BCUT2D eigenvalue weighted by Gasteiger charge is -2.32. The molecule has 0 spiro atoms. The van der Waals surface area contributed by atoms with Crippen LogP contribution in [0.3, 0.4) is 0 Å². The van der Waals surface area contributed by atoms with Crippen molar-refractivity contribution < 1.29 is 19.4 Å². The lowest BCUT2D eigenvalue weighted by molar-refractivity contribution is -0.186. The lowest BCUT2D eigenvalue weighted by atomic mass is 10.1. The second-order valence-corrected chi connectivity index (χ2v) is 2.73. The minimum Gasteiger partial charge on any atom is -0.480 e. The zero-order chi connectivity index (χ0) is 9.14. The highest BCUT2D eigenvalue weighted by molar-refractivity contribution is 5.74. The van der Waals surface area contributed by atoms with Gasteiger partial charge in [-0.05, 0) is 6.92 Å². The van der Waals surface area contributed by atoms with Crippen LogP contribution in [0.4, 0.5) is 0 Å². The van der Waals surface area contributed by atoms with E-state index >= 15 is 0 Å². The molecular weight excluding hydrogens is 162 g/mol. The first-order chi connectivity index (χ1) is 5.65. The quantitative estimate of drug-likeness (QED) is 0.587. The van der Waals surface area contributed by atoms with E-state index in [4.69, 9.17) is 14.6 Å². The van der Waals surface area contributed by atoms with Gasteiger partial charge in [0.05, 0.1) is 6.10 Å². The molecule has 0 unspecified atom stereocenters. The molecule has 0 bridgehead atoms. The molecule has 3 atom stereocenters. The van der Waals surface area contributed by atoms with Crippen LogP contribution >= 0.6 is 0 Å². The number of carboxylic acids is 1.